The van der Waals surface area contributed by atoms with E-state index in [-0.39, 0.29) is 0 Å². The van der Waals surface area contributed by atoms with Crippen molar-refractivity contribution in [3.8, 4) is 0 Å². The van der Waals surface area contributed by atoms with Crippen LogP contribution in [0.1, 0.15) is 58.7 Å². The van der Waals surface area contributed by atoms with Crippen LogP contribution in [0.15, 0.2) is 12.4 Å². The maximum atomic E-state index is 9.68. The zero-order valence-corrected chi connectivity index (χ0v) is 14.2. The largest absolute Gasteiger partial charge is 0.390 e. The van der Waals surface area contributed by atoms with Gasteiger partial charge in [-0.1, -0.05) is 19.8 Å². The van der Waals surface area contributed by atoms with E-state index in [1.54, 1.807) is 0 Å². The molecule has 0 radical (unpaired) electrons. The molecule has 0 aromatic carbocycles. The Morgan fingerprint density at radius 1 is 1.29 bits per heavy atom. The summed E-state index contributed by atoms with van der Waals surface area (Å²) in [4.78, 5) is 4.23. The Balaban J connectivity index is 1.95. The topological polar surface area (TPSA) is 50.1 Å². The third-order valence-corrected chi connectivity index (χ3v) is 3.98. The molecule has 1 rings (SSSR count). The van der Waals surface area contributed by atoms with Crippen LogP contribution in [0.25, 0.3) is 0 Å². The quantitative estimate of drug-likeness (QED) is 0.617. The van der Waals surface area contributed by atoms with E-state index in [4.69, 9.17) is 0 Å². The minimum atomic E-state index is -0.510. The Hall–Kier alpha value is -0.870. The molecular weight excluding hydrogens is 262 g/mol. The predicted octanol–water partition coefficient (Wildman–Crippen LogP) is 3.14. The third kappa shape index (κ3) is 8.89. The summed E-state index contributed by atoms with van der Waals surface area (Å²) >= 11 is 0. The lowest BCUT2D eigenvalue weighted by molar-refractivity contribution is 0.0669. The number of hydrogen-bond donors (Lipinski definition) is 2. The summed E-state index contributed by atoms with van der Waals surface area (Å²) in [5, 5.41) is 13.2. The molecule has 4 nitrogen and oxygen atoms in total. The Morgan fingerprint density at radius 3 is 2.67 bits per heavy atom. The lowest BCUT2D eigenvalue weighted by atomic mass is 9.95. The van der Waals surface area contributed by atoms with Crippen LogP contribution >= 0.6 is 0 Å². The van der Waals surface area contributed by atoms with Gasteiger partial charge in [-0.15, -0.1) is 0 Å². The van der Waals surface area contributed by atoms with E-state index in [9.17, 15) is 5.11 Å². The van der Waals surface area contributed by atoms with Gasteiger partial charge in [0, 0.05) is 18.9 Å². The summed E-state index contributed by atoms with van der Waals surface area (Å²) in [5.41, 5.74) is -0.510. The van der Waals surface area contributed by atoms with E-state index in [1.165, 1.54) is 12.8 Å². The summed E-state index contributed by atoms with van der Waals surface area (Å²) < 4.78 is 2.20. The lowest BCUT2D eigenvalue weighted by Crippen LogP contribution is -2.21. The smallest absolute Gasteiger partial charge is 0.105 e. The average molecular weight is 295 g/mol. The molecule has 0 saturated heterocycles. The highest BCUT2D eigenvalue weighted by Crippen LogP contribution is 2.17. The van der Waals surface area contributed by atoms with Gasteiger partial charge in [0.2, 0.25) is 0 Å². The highest BCUT2D eigenvalue weighted by atomic mass is 16.3. The number of rotatable bonds is 11. The van der Waals surface area contributed by atoms with Crippen molar-refractivity contribution in [3.05, 3.63) is 18.2 Å². The molecular formula is C17H33N3O. The van der Waals surface area contributed by atoms with Gasteiger partial charge in [-0.05, 0) is 59.0 Å². The number of imidazole rings is 1. The first-order valence-electron chi connectivity index (χ1n) is 8.29. The monoisotopic (exact) mass is 295 g/mol. The zero-order chi connectivity index (χ0) is 15.7. The molecule has 0 saturated carbocycles. The fraction of sp³-hybridized carbons (Fsp3) is 0.824. The highest BCUT2D eigenvalue weighted by molar-refractivity contribution is 4.88. The molecule has 1 unspecified atom stereocenters. The van der Waals surface area contributed by atoms with Crippen molar-refractivity contribution in [2.75, 3.05) is 13.1 Å². The van der Waals surface area contributed by atoms with Crippen LogP contribution < -0.4 is 5.32 Å². The van der Waals surface area contributed by atoms with Crippen LogP contribution in [0, 0.1) is 12.8 Å². The van der Waals surface area contributed by atoms with E-state index < -0.39 is 5.60 Å². The number of nitrogens with one attached hydrogen (secondary N) is 1. The molecule has 4 heteroatoms. The molecule has 0 aliphatic heterocycles. The standard InChI is InChI=1S/C17H33N3O/c1-15(7-5-9-17(3,4)21)8-11-18-10-6-13-20-14-12-19-16(20)2/h12,14-15,18,21H,5-11,13H2,1-4H3. The molecule has 0 aliphatic rings. The Morgan fingerprint density at radius 2 is 2.05 bits per heavy atom. The molecule has 1 aromatic rings. The SMILES string of the molecule is Cc1nccn1CCCNCCC(C)CCCC(C)(C)O. The molecule has 0 fully saturated rings. The number of aromatic nitrogens is 2. The van der Waals surface area contributed by atoms with Gasteiger partial charge in [-0.2, -0.15) is 0 Å². The van der Waals surface area contributed by atoms with Crippen molar-refractivity contribution in [1.82, 2.24) is 14.9 Å². The number of aliphatic hydroxyl groups is 1. The summed E-state index contributed by atoms with van der Waals surface area (Å²) in [5.74, 6) is 1.83. The summed E-state index contributed by atoms with van der Waals surface area (Å²) in [7, 11) is 0. The second-order valence-corrected chi connectivity index (χ2v) is 6.87. The average Bonchev–Trinajstić information content (AvgIpc) is 2.78. The van der Waals surface area contributed by atoms with Gasteiger partial charge in [0.15, 0.2) is 0 Å². The maximum Gasteiger partial charge on any atom is 0.105 e. The van der Waals surface area contributed by atoms with Crippen molar-refractivity contribution in [2.24, 2.45) is 5.92 Å². The maximum absolute atomic E-state index is 9.68. The second kappa shape index (κ2) is 9.21. The molecule has 1 heterocycles. The van der Waals surface area contributed by atoms with Crippen molar-refractivity contribution >= 4 is 0 Å². The van der Waals surface area contributed by atoms with E-state index in [1.807, 2.05) is 33.2 Å². The highest BCUT2D eigenvalue weighted by Gasteiger charge is 2.12. The fourth-order valence-electron chi connectivity index (χ4n) is 2.52. The molecule has 0 spiro atoms. The normalized spacial score (nSPS) is 13.6. The van der Waals surface area contributed by atoms with E-state index in [0.29, 0.717) is 0 Å². The second-order valence-electron chi connectivity index (χ2n) is 6.87. The molecule has 21 heavy (non-hydrogen) atoms. The first-order valence-corrected chi connectivity index (χ1v) is 8.29. The molecule has 0 bridgehead atoms. The molecule has 1 atom stereocenters. The van der Waals surface area contributed by atoms with Gasteiger partial charge in [-0.3, -0.25) is 0 Å². The van der Waals surface area contributed by atoms with Crippen molar-refractivity contribution in [3.63, 3.8) is 0 Å². The molecule has 0 amide bonds. The number of nitrogens with zero attached hydrogens (tertiary/aromatic N) is 2. The molecule has 122 valence electrons. The Labute approximate surface area is 130 Å². The van der Waals surface area contributed by atoms with Gasteiger partial charge in [0.1, 0.15) is 5.82 Å². The van der Waals surface area contributed by atoms with Crippen LogP contribution in [0.2, 0.25) is 0 Å². The summed E-state index contributed by atoms with van der Waals surface area (Å²) in [6, 6.07) is 0. The fourth-order valence-corrected chi connectivity index (χ4v) is 2.52. The molecule has 2 N–H and O–H groups in total. The van der Waals surface area contributed by atoms with Crippen molar-refractivity contribution < 1.29 is 5.11 Å². The Bertz CT molecular complexity index is 382. The lowest BCUT2D eigenvalue weighted by Gasteiger charge is -2.18. The van der Waals surface area contributed by atoms with Gasteiger partial charge >= 0.3 is 0 Å². The van der Waals surface area contributed by atoms with E-state index >= 15 is 0 Å². The van der Waals surface area contributed by atoms with Gasteiger partial charge in [0.25, 0.3) is 0 Å². The van der Waals surface area contributed by atoms with Crippen molar-refractivity contribution in [1.29, 1.82) is 0 Å². The van der Waals surface area contributed by atoms with Crippen LogP contribution in [0.5, 0.6) is 0 Å². The Kier molecular flexibility index (Phi) is 7.97. The van der Waals surface area contributed by atoms with E-state index in [0.717, 1.165) is 50.6 Å². The first kappa shape index (κ1) is 18.2. The predicted molar refractivity (Wildman–Crippen MR) is 88.4 cm³/mol. The van der Waals surface area contributed by atoms with Crippen LogP contribution in [-0.4, -0.2) is 33.3 Å². The molecule has 0 aliphatic carbocycles. The third-order valence-electron chi connectivity index (χ3n) is 3.98. The summed E-state index contributed by atoms with van der Waals surface area (Å²) in [6.07, 6.45) is 9.48. The minimum Gasteiger partial charge on any atom is -0.390 e. The minimum absolute atomic E-state index is 0.510. The van der Waals surface area contributed by atoms with Crippen LogP contribution in [0.3, 0.4) is 0 Å². The van der Waals surface area contributed by atoms with Crippen LogP contribution in [-0.2, 0) is 6.54 Å². The zero-order valence-electron chi connectivity index (χ0n) is 14.2. The van der Waals surface area contributed by atoms with Gasteiger partial charge < -0.3 is 15.0 Å². The van der Waals surface area contributed by atoms with Gasteiger partial charge in [0.05, 0.1) is 5.60 Å². The van der Waals surface area contributed by atoms with Crippen molar-refractivity contribution in [2.45, 2.75) is 71.9 Å². The molecule has 1 aromatic heterocycles. The van der Waals surface area contributed by atoms with Gasteiger partial charge in [-0.25, -0.2) is 4.98 Å². The summed E-state index contributed by atoms with van der Waals surface area (Å²) in [6.45, 7) is 11.3. The number of hydrogen-bond acceptors (Lipinski definition) is 3. The van der Waals surface area contributed by atoms with E-state index in [2.05, 4.69) is 21.8 Å². The first-order chi connectivity index (χ1) is 9.88. The van der Waals surface area contributed by atoms with Crippen LogP contribution in [0.4, 0.5) is 0 Å². The number of aryl methyl sites for hydroxylation is 2.